The predicted octanol–water partition coefficient (Wildman–Crippen LogP) is 6.83. The molecule has 1 atom stereocenters. The molecule has 0 unspecified atom stereocenters. The number of nitrogens with zero attached hydrogens (tertiary/aromatic N) is 1. The molecule has 0 saturated carbocycles. The number of halogens is 4. The SMILES string of the molecule is C[Si](C)(C)O[C@](CC(=O)c1ccc(Cl)cc1)(c1nc2ccccc2s1)C(F)(F)F. The van der Waals surface area contributed by atoms with E-state index >= 15 is 0 Å². The summed E-state index contributed by atoms with van der Waals surface area (Å²) in [5, 5.41) is 0.143. The van der Waals surface area contributed by atoms with Crippen LogP contribution in [0.15, 0.2) is 48.5 Å². The number of para-hydroxylation sites is 1. The van der Waals surface area contributed by atoms with Gasteiger partial charge in [0.1, 0.15) is 5.01 Å². The zero-order valence-electron chi connectivity index (χ0n) is 16.0. The van der Waals surface area contributed by atoms with Crippen LogP contribution >= 0.6 is 22.9 Å². The van der Waals surface area contributed by atoms with Crippen molar-refractivity contribution in [3.05, 3.63) is 64.1 Å². The summed E-state index contributed by atoms with van der Waals surface area (Å²) in [6, 6.07) is 12.6. The Bertz CT molecular complexity index is 998. The fourth-order valence-electron chi connectivity index (χ4n) is 2.97. The summed E-state index contributed by atoms with van der Waals surface area (Å²) >= 11 is 6.74. The molecule has 3 nitrogen and oxygen atoms in total. The van der Waals surface area contributed by atoms with Crippen molar-refractivity contribution in [2.45, 2.75) is 37.8 Å². The average molecular weight is 458 g/mol. The number of hydrogen-bond donors (Lipinski definition) is 0. The lowest BCUT2D eigenvalue weighted by atomic mass is 9.93. The lowest BCUT2D eigenvalue weighted by Gasteiger charge is -2.38. The Kier molecular flexibility index (Phi) is 5.93. The van der Waals surface area contributed by atoms with E-state index in [1.165, 1.54) is 24.3 Å². The third-order valence-electron chi connectivity index (χ3n) is 4.15. The lowest BCUT2D eigenvalue weighted by Crippen LogP contribution is -2.52. The number of rotatable bonds is 6. The van der Waals surface area contributed by atoms with Gasteiger partial charge in [-0.3, -0.25) is 4.79 Å². The molecule has 29 heavy (non-hydrogen) atoms. The first-order valence-corrected chi connectivity index (χ1v) is 13.4. The molecular formula is C20H19ClF3NO2SSi. The quantitative estimate of drug-likeness (QED) is 0.300. The number of ketones is 1. The fraction of sp³-hybridized carbons (Fsp3) is 0.300. The van der Waals surface area contributed by atoms with Crippen LogP contribution in [0.5, 0.6) is 0 Å². The molecule has 0 radical (unpaired) electrons. The van der Waals surface area contributed by atoms with Gasteiger partial charge in [0, 0.05) is 10.6 Å². The van der Waals surface area contributed by atoms with E-state index in [-0.39, 0.29) is 10.6 Å². The summed E-state index contributed by atoms with van der Waals surface area (Å²) in [4.78, 5) is 17.1. The first kappa shape index (κ1) is 22.0. The van der Waals surface area contributed by atoms with Crippen molar-refractivity contribution < 1.29 is 22.4 Å². The van der Waals surface area contributed by atoms with Crippen LogP contribution in [0.3, 0.4) is 0 Å². The third kappa shape index (κ3) is 4.71. The van der Waals surface area contributed by atoms with E-state index in [1.807, 2.05) is 0 Å². The van der Waals surface area contributed by atoms with Gasteiger partial charge in [-0.05, 0) is 56.0 Å². The molecule has 1 heterocycles. The van der Waals surface area contributed by atoms with Gasteiger partial charge in [0.25, 0.3) is 0 Å². The summed E-state index contributed by atoms with van der Waals surface area (Å²) < 4.78 is 50.0. The second-order valence-electron chi connectivity index (χ2n) is 7.63. The van der Waals surface area contributed by atoms with Crippen molar-refractivity contribution in [2.24, 2.45) is 0 Å². The number of hydrogen-bond acceptors (Lipinski definition) is 4. The molecule has 0 N–H and O–H groups in total. The minimum absolute atomic E-state index is 0.142. The molecule has 0 saturated heterocycles. The van der Waals surface area contributed by atoms with E-state index < -0.39 is 32.3 Å². The Morgan fingerprint density at radius 2 is 1.72 bits per heavy atom. The summed E-state index contributed by atoms with van der Waals surface area (Å²) in [6.07, 6.45) is -5.72. The molecule has 0 fully saturated rings. The zero-order valence-corrected chi connectivity index (χ0v) is 18.6. The van der Waals surface area contributed by atoms with Crippen LogP contribution < -0.4 is 0 Å². The van der Waals surface area contributed by atoms with Crippen molar-refractivity contribution in [1.82, 2.24) is 4.98 Å². The van der Waals surface area contributed by atoms with E-state index in [9.17, 15) is 18.0 Å². The van der Waals surface area contributed by atoms with Gasteiger partial charge in [-0.1, -0.05) is 23.7 Å². The molecule has 0 aliphatic heterocycles. The van der Waals surface area contributed by atoms with Crippen molar-refractivity contribution in [3.63, 3.8) is 0 Å². The number of aromatic nitrogens is 1. The smallest absolute Gasteiger partial charge is 0.398 e. The van der Waals surface area contributed by atoms with Crippen LogP contribution in [-0.4, -0.2) is 25.3 Å². The highest BCUT2D eigenvalue weighted by atomic mass is 35.5. The van der Waals surface area contributed by atoms with E-state index in [4.69, 9.17) is 16.0 Å². The van der Waals surface area contributed by atoms with Gasteiger partial charge in [-0.2, -0.15) is 13.2 Å². The molecule has 1 aromatic heterocycles. The summed E-state index contributed by atoms with van der Waals surface area (Å²) in [7, 11) is -2.74. The zero-order chi connectivity index (χ0) is 21.4. The van der Waals surface area contributed by atoms with Crippen LogP contribution in [0.2, 0.25) is 24.7 Å². The molecule has 0 aliphatic carbocycles. The summed E-state index contributed by atoms with van der Waals surface area (Å²) in [5.74, 6) is -0.684. The number of fused-ring (bicyclic) bond motifs is 1. The number of carbonyl (C=O) groups is 1. The van der Waals surface area contributed by atoms with Gasteiger partial charge in [0.05, 0.1) is 16.6 Å². The maximum atomic E-state index is 14.6. The molecule has 3 rings (SSSR count). The summed E-state index contributed by atoms with van der Waals surface area (Å²) in [5.41, 5.74) is -2.22. The van der Waals surface area contributed by atoms with Crippen LogP contribution in [0, 0.1) is 0 Å². The molecule has 0 bridgehead atoms. The van der Waals surface area contributed by atoms with Gasteiger partial charge < -0.3 is 4.43 Å². The van der Waals surface area contributed by atoms with E-state index in [1.54, 1.807) is 43.9 Å². The number of carbonyl (C=O) groups excluding carboxylic acids is 1. The van der Waals surface area contributed by atoms with Gasteiger partial charge in [-0.25, -0.2) is 4.98 Å². The number of alkyl halides is 3. The molecule has 154 valence electrons. The van der Waals surface area contributed by atoms with E-state index in [0.717, 1.165) is 11.3 Å². The van der Waals surface area contributed by atoms with E-state index in [0.29, 0.717) is 15.2 Å². The van der Waals surface area contributed by atoms with Crippen molar-refractivity contribution >= 4 is 47.3 Å². The molecule has 2 aromatic carbocycles. The first-order valence-electron chi connectivity index (χ1n) is 8.83. The second kappa shape index (κ2) is 7.83. The molecule has 0 spiro atoms. The maximum absolute atomic E-state index is 14.6. The Morgan fingerprint density at radius 3 is 2.28 bits per heavy atom. The predicted molar refractivity (Wildman–Crippen MR) is 112 cm³/mol. The lowest BCUT2D eigenvalue weighted by molar-refractivity contribution is -0.256. The molecular weight excluding hydrogens is 439 g/mol. The Hall–Kier alpha value is -1.74. The van der Waals surface area contributed by atoms with Gasteiger partial charge >= 0.3 is 6.18 Å². The Morgan fingerprint density at radius 1 is 1.10 bits per heavy atom. The fourth-order valence-corrected chi connectivity index (χ4v) is 5.61. The highest BCUT2D eigenvalue weighted by Crippen LogP contribution is 2.49. The first-order chi connectivity index (χ1) is 13.4. The minimum atomic E-state index is -4.83. The normalized spacial score (nSPS) is 14.7. The largest absolute Gasteiger partial charge is 0.423 e. The number of benzene rings is 2. The van der Waals surface area contributed by atoms with E-state index in [2.05, 4.69) is 4.98 Å². The summed E-state index contributed by atoms with van der Waals surface area (Å²) in [6.45, 7) is 4.98. The van der Waals surface area contributed by atoms with Crippen molar-refractivity contribution in [2.75, 3.05) is 0 Å². The van der Waals surface area contributed by atoms with Crippen LogP contribution in [0.25, 0.3) is 10.2 Å². The Labute approximate surface area is 176 Å². The number of thiazole rings is 1. The molecule has 9 heteroatoms. The average Bonchev–Trinajstić information content (AvgIpc) is 3.04. The van der Waals surface area contributed by atoms with Crippen LogP contribution in [0.1, 0.15) is 21.8 Å². The molecule has 0 amide bonds. The van der Waals surface area contributed by atoms with Gasteiger partial charge in [0.2, 0.25) is 5.60 Å². The maximum Gasteiger partial charge on any atom is 0.423 e. The van der Waals surface area contributed by atoms with Crippen LogP contribution in [-0.2, 0) is 10.0 Å². The minimum Gasteiger partial charge on any atom is -0.398 e. The highest BCUT2D eigenvalue weighted by molar-refractivity contribution is 7.18. The monoisotopic (exact) mass is 457 g/mol. The van der Waals surface area contributed by atoms with Crippen LogP contribution in [0.4, 0.5) is 13.2 Å². The second-order valence-corrected chi connectivity index (χ2v) is 13.5. The molecule has 3 aromatic rings. The van der Waals surface area contributed by atoms with Crippen molar-refractivity contribution in [3.8, 4) is 0 Å². The topological polar surface area (TPSA) is 39.2 Å². The number of Topliss-reactive ketones (excluding diaryl/α,β-unsaturated/α-hetero) is 1. The van der Waals surface area contributed by atoms with Crippen molar-refractivity contribution in [1.29, 1.82) is 0 Å². The van der Waals surface area contributed by atoms with Gasteiger partial charge in [0.15, 0.2) is 14.1 Å². The van der Waals surface area contributed by atoms with Gasteiger partial charge in [-0.15, -0.1) is 11.3 Å². The standard InChI is InChI=1S/C20H19ClF3NO2SSi/c1-29(2,3)27-19(20(22,23)24,12-16(26)13-8-10-14(21)11-9-13)18-25-15-6-4-5-7-17(15)28-18/h4-11H,12H2,1-3H3/t19-/m1/s1. The highest BCUT2D eigenvalue weighted by Gasteiger charge is 2.61. The molecule has 0 aliphatic rings. The Balaban J connectivity index is 2.15. The third-order valence-corrected chi connectivity index (χ3v) is 6.55.